The Labute approximate surface area is 248 Å². The first kappa shape index (κ1) is 29.3. The van der Waals surface area contributed by atoms with Crippen LogP contribution in [-0.4, -0.2) is 84.8 Å². The minimum atomic E-state index is -1.11. The number of likely N-dealkylation sites (N-methyl/N-ethyl adjacent to an activating group) is 1. The first-order chi connectivity index (χ1) is 20.2. The van der Waals surface area contributed by atoms with Crippen LogP contribution in [0.2, 0.25) is 0 Å². The Hall–Kier alpha value is -4.22. The molecule has 0 spiro atoms. The van der Waals surface area contributed by atoms with Gasteiger partial charge in [-0.05, 0) is 54.9 Å². The first-order valence-electron chi connectivity index (χ1n) is 13.9. The van der Waals surface area contributed by atoms with Gasteiger partial charge in [0.05, 0.1) is 21.8 Å². The highest BCUT2D eigenvalue weighted by Gasteiger charge is 2.32. The summed E-state index contributed by atoms with van der Waals surface area (Å²) in [4.78, 5) is 49.6. The Kier molecular flexibility index (Phi) is 8.60. The van der Waals surface area contributed by atoms with E-state index in [-0.39, 0.29) is 23.6 Å². The van der Waals surface area contributed by atoms with Crippen molar-refractivity contribution in [2.75, 3.05) is 58.3 Å². The number of piperazine rings is 1. The van der Waals surface area contributed by atoms with Crippen LogP contribution in [0.1, 0.15) is 31.0 Å². The Balaban J connectivity index is 1.37. The van der Waals surface area contributed by atoms with E-state index in [1.807, 2.05) is 60.3 Å². The van der Waals surface area contributed by atoms with E-state index in [0.29, 0.717) is 39.4 Å². The SMILES string of the molecule is CCN1CCN(C(=O)COc2ccc(/C=c3\sc4n(c3=O)C(c3ccc(N(C)C)cc3)C(C(=O)O)=C(C)N=4)cc2)CC1. The average Bonchev–Trinajstić information content (AvgIpc) is 3.29. The molecule has 1 amide bonds. The van der Waals surface area contributed by atoms with Gasteiger partial charge in [0.15, 0.2) is 11.4 Å². The molecular weight excluding hydrogens is 554 g/mol. The number of rotatable bonds is 8. The number of aromatic nitrogens is 1. The molecule has 2 aliphatic rings. The van der Waals surface area contributed by atoms with Gasteiger partial charge >= 0.3 is 5.97 Å². The second-order valence-electron chi connectivity index (χ2n) is 10.5. The number of amides is 1. The van der Waals surface area contributed by atoms with Gasteiger partial charge in [-0.25, -0.2) is 9.79 Å². The van der Waals surface area contributed by atoms with Crippen molar-refractivity contribution in [3.63, 3.8) is 0 Å². The summed E-state index contributed by atoms with van der Waals surface area (Å²) in [5, 5.41) is 10.1. The summed E-state index contributed by atoms with van der Waals surface area (Å²) in [6.07, 6.45) is 1.76. The summed E-state index contributed by atoms with van der Waals surface area (Å²) in [6, 6.07) is 13.9. The number of allylic oxidation sites excluding steroid dienone is 1. The molecule has 42 heavy (non-hydrogen) atoms. The van der Waals surface area contributed by atoms with Gasteiger partial charge < -0.3 is 24.5 Å². The summed E-state index contributed by atoms with van der Waals surface area (Å²) in [6.45, 7) is 7.93. The molecule has 1 N–H and O–H groups in total. The molecule has 3 heterocycles. The average molecular weight is 590 g/mol. The fraction of sp³-hybridized carbons (Fsp3) is 0.355. The van der Waals surface area contributed by atoms with Gasteiger partial charge in [-0.3, -0.25) is 14.2 Å². The van der Waals surface area contributed by atoms with E-state index >= 15 is 0 Å². The van der Waals surface area contributed by atoms with E-state index in [1.54, 1.807) is 25.1 Å². The van der Waals surface area contributed by atoms with E-state index in [1.165, 1.54) is 15.9 Å². The highest BCUT2D eigenvalue weighted by atomic mass is 32.1. The van der Waals surface area contributed by atoms with Gasteiger partial charge in [-0.2, -0.15) is 0 Å². The predicted molar refractivity (Wildman–Crippen MR) is 163 cm³/mol. The van der Waals surface area contributed by atoms with Crippen LogP contribution < -0.4 is 24.5 Å². The third-order valence-corrected chi connectivity index (χ3v) is 8.67. The lowest BCUT2D eigenvalue weighted by atomic mass is 9.95. The monoisotopic (exact) mass is 589 g/mol. The van der Waals surface area contributed by atoms with Crippen LogP contribution in [0.5, 0.6) is 5.75 Å². The van der Waals surface area contributed by atoms with E-state index in [9.17, 15) is 19.5 Å². The molecule has 0 aliphatic carbocycles. The molecule has 1 aromatic heterocycles. The van der Waals surface area contributed by atoms with Crippen LogP contribution in [0.4, 0.5) is 5.69 Å². The summed E-state index contributed by atoms with van der Waals surface area (Å²) < 4.78 is 7.66. The summed E-state index contributed by atoms with van der Waals surface area (Å²) in [7, 11) is 3.86. The molecule has 2 aromatic carbocycles. The molecule has 10 nitrogen and oxygen atoms in total. The molecule has 11 heteroatoms. The zero-order valence-electron chi connectivity index (χ0n) is 24.2. The van der Waals surface area contributed by atoms with Crippen LogP contribution in [0, 0.1) is 0 Å². The number of nitrogens with zero attached hydrogens (tertiary/aromatic N) is 5. The van der Waals surface area contributed by atoms with E-state index < -0.39 is 12.0 Å². The fourth-order valence-corrected chi connectivity index (χ4v) is 6.27. The van der Waals surface area contributed by atoms with Gasteiger partial charge in [0.25, 0.3) is 11.5 Å². The number of aliphatic carboxylic acids is 1. The van der Waals surface area contributed by atoms with Crippen molar-refractivity contribution in [2.24, 2.45) is 4.99 Å². The third-order valence-electron chi connectivity index (χ3n) is 7.69. The molecule has 2 aliphatic heterocycles. The van der Waals surface area contributed by atoms with Crippen molar-refractivity contribution < 1.29 is 19.4 Å². The number of carbonyl (C=O) groups is 2. The lowest BCUT2D eigenvalue weighted by Gasteiger charge is -2.33. The Bertz CT molecular complexity index is 1680. The molecular formula is C31H35N5O5S. The minimum Gasteiger partial charge on any atom is -0.484 e. The lowest BCUT2D eigenvalue weighted by molar-refractivity contribution is -0.135. The smallest absolute Gasteiger partial charge is 0.335 e. The van der Waals surface area contributed by atoms with Crippen molar-refractivity contribution in [3.05, 3.63) is 90.6 Å². The number of carbonyl (C=O) groups excluding carboxylic acids is 1. The van der Waals surface area contributed by atoms with Gasteiger partial charge in [-0.15, -0.1) is 0 Å². The molecule has 0 bridgehead atoms. The molecule has 1 unspecified atom stereocenters. The van der Waals surface area contributed by atoms with Gasteiger partial charge in [0.1, 0.15) is 5.75 Å². The topological polar surface area (TPSA) is 108 Å². The van der Waals surface area contributed by atoms with Crippen LogP contribution in [-0.2, 0) is 9.59 Å². The Morgan fingerprint density at radius 3 is 2.33 bits per heavy atom. The summed E-state index contributed by atoms with van der Waals surface area (Å²) in [5.74, 6) is -0.570. The predicted octanol–water partition coefficient (Wildman–Crippen LogP) is 1.93. The van der Waals surface area contributed by atoms with Crippen molar-refractivity contribution >= 4 is 35.0 Å². The maximum absolute atomic E-state index is 13.7. The molecule has 220 valence electrons. The first-order valence-corrected chi connectivity index (χ1v) is 14.7. The van der Waals surface area contributed by atoms with Crippen molar-refractivity contribution in [3.8, 4) is 5.75 Å². The second-order valence-corrected chi connectivity index (χ2v) is 11.6. The van der Waals surface area contributed by atoms with Gasteiger partial charge in [0.2, 0.25) is 0 Å². The van der Waals surface area contributed by atoms with Gasteiger partial charge in [-0.1, -0.05) is 42.5 Å². The largest absolute Gasteiger partial charge is 0.484 e. The lowest BCUT2D eigenvalue weighted by Crippen LogP contribution is -2.49. The van der Waals surface area contributed by atoms with Crippen LogP contribution in [0.25, 0.3) is 6.08 Å². The van der Waals surface area contributed by atoms with Crippen molar-refractivity contribution in [2.45, 2.75) is 19.9 Å². The Morgan fingerprint density at radius 2 is 1.74 bits per heavy atom. The number of carboxylic acid groups (broad SMARTS) is 1. The maximum atomic E-state index is 13.7. The number of thiazole rings is 1. The quantitative estimate of drug-likeness (QED) is 0.428. The zero-order valence-corrected chi connectivity index (χ0v) is 25.1. The second kappa shape index (κ2) is 12.3. The number of anilines is 1. The number of fused-ring (bicyclic) bond motifs is 1. The molecule has 1 saturated heterocycles. The number of ether oxygens (including phenoxy) is 1. The Morgan fingerprint density at radius 1 is 1.07 bits per heavy atom. The molecule has 3 aromatic rings. The van der Waals surface area contributed by atoms with Crippen molar-refractivity contribution in [1.82, 2.24) is 14.4 Å². The number of carboxylic acids is 1. The van der Waals surface area contributed by atoms with Gasteiger partial charge in [0, 0.05) is 46.0 Å². The summed E-state index contributed by atoms with van der Waals surface area (Å²) in [5.41, 5.74) is 2.59. The minimum absolute atomic E-state index is 0.0230. The normalized spacial score (nSPS) is 17.6. The maximum Gasteiger partial charge on any atom is 0.335 e. The third kappa shape index (κ3) is 6.02. The highest BCUT2D eigenvalue weighted by Crippen LogP contribution is 2.30. The van der Waals surface area contributed by atoms with Crippen LogP contribution in [0.3, 0.4) is 0 Å². The fourth-order valence-electron chi connectivity index (χ4n) is 5.23. The number of hydrogen-bond acceptors (Lipinski definition) is 8. The van der Waals surface area contributed by atoms with E-state index in [2.05, 4.69) is 16.8 Å². The molecule has 0 saturated carbocycles. The molecule has 5 rings (SSSR count). The standard InChI is InChI=1S/C31H35N5O5S/c1-5-34-14-16-35(17-15-34)26(37)19-41-24-12-6-21(7-13-24)18-25-29(38)36-28(22-8-10-23(11-9-22)33(3)4)27(30(39)40)20(2)32-31(36)42-25/h6-13,18,28H,5,14-17,19H2,1-4H3,(H,39,40)/b25-18-. The van der Waals surface area contributed by atoms with E-state index in [0.717, 1.165) is 30.9 Å². The summed E-state index contributed by atoms with van der Waals surface area (Å²) >= 11 is 1.22. The molecule has 1 atom stereocenters. The molecule has 1 fully saturated rings. The highest BCUT2D eigenvalue weighted by molar-refractivity contribution is 7.07. The van der Waals surface area contributed by atoms with Crippen molar-refractivity contribution in [1.29, 1.82) is 0 Å². The van der Waals surface area contributed by atoms with E-state index in [4.69, 9.17) is 4.74 Å². The van der Waals surface area contributed by atoms with Crippen LogP contribution in [0.15, 0.2) is 69.6 Å². The number of hydrogen-bond donors (Lipinski definition) is 1. The number of benzene rings is 2. The zero-order chi connectivity index (χ0) is 30.0. The van der Waals surface area contributed by atoms with Crippen LogP contribution >= 0.6 is 11.3 Å². The molecule has 0 radical (unpaired) electrons.